The van der Waals surface area contributed by atoms with Gasteiger partial charge in [-0.25, -0.2) is 8.78 Å². The van der Waals surface area contributed by atoms with Gasteiger partial charge in [0.25, 0.3) is 0 Å². The van der Waals surface area contributed by atoms with Crippen LogP contribution in [0.1, 0.15) is 11.1 Å². The molecule has 0 bridgehead atoms. The Morgan fingerprint density at radius 3 is 2.29 bits per heavy atom. The Hall–Kier alpha value is -1.63. The van der Waals surface area contributed by atoms with Crippen LogP contribution >= 0.6 is 15.9 Å². The first-order valence-electron chi connectivity index (χ1n) is 5.81. The number of rotatable bonds is 3. The van der Waals surface area contributed by atoms with Crippen LogP contribution in [0.2, 0.25) is 0 Å². The first-order chi connectivity index (χ1) is 9.75. The number of hydrogen-bond donors (Lipinski definition) is 1. The minimum absolute atomic E-state index is 0.0227. The average Bonchev–Trinajstić information content (AvgIpc) is 2.36. The predicted octanol–water partition coefficient (Wildman–Crippen LogP) is 5.36. The molecule has 0 unspecified atom stereocenters. The predicted molar refractivity (Wildman–Crippen MR) is 72.8 cm³/mol. The van der Waals surface area contributed by atoms with Crippen molar-refractivity contribution < 1.29 is 22.0 Å². The molecule has 0 spiro atoms. The molecule has 0 amide bonds. The van der Waals surface area contributed by atoms with Gasteiger partial charge in [0.1, 0.15) is 11.6 Å². The fourth-order valence-electron chi connectivity index (χ4n) is 1.75. The number of nitrogens with one attached hydrogen (secondary N) is 1. The summed E-state index contributed by atoms with van der Waals surface area (Å²) in [5.74, 6) is -1.41. The molecule has 2 aromatic rings. The van der Waals surface area contributed by atoms with Gasteiger partial charge in [-0.05, 0) is 57.9 Å². The normalized spacial score (nSPS) is 11.5. The largest absolute Gasteiger partial charge is 0.416 e. The van der Waals surface area contributed by atoms with Gasteiger partial charge in [-0.2, -0.15) is 13.2 Å². The van der Waals surface area contributed by atoms with Crippen molar-refractivity contribution >= 4 is 21.6 Å². The van der Waals surface area contributed by atoms with E-state index < -0.39 is 23.4 Å². The van der Waals surface area contributed by atoms with Crippen LogP contribution in [0.5, 0.6) is 0 Å². The third kappa shape index (κ3) is 4.17. The van der Waals surface area contributed by atoms with Crippen LogP contribution in [0, 0.1) is 11.6 Å². The summed E-state index contributed by atoms with van der Waals surface area (Å²) < 4.78 is 64.3. The number of hydrogen-bond acceptors (Lipinski definition) is 1. The maximum Gasteiger partial charge on any atom is 0.416 e. The van der Waals surface area contributed by atoms with Gasteiger partial charge in [-0.3, -0.25) is 0 Å². The van der Waals surface area contributed by atoms with E-state index in [0.29, 0.717) is 16.2 Å². The Bertz CT molecular complexity index is 654. The zero-order valence-corrected chi connectivity index (χ0v) is 12.0. The van der Waals surface area contributed by atoms with Crippen molar-refractivity contribution in [3.05, 3.63) is 63.6 Å². The van der Waals surface area contributed by atoms with E-state index in [9.17, 15) is 22.0 Å². The van der Waals surface area contributed by atoms with Crippen molar-refractivity contribution in [2.24, 2.45) is 0 Å². The molecule has 1 nitrogen and oxygen atoms in total. The number of halogens is 6. The summed E-state index contributed by atoms with van der Waals surface area (Å²) in [5, 5.41) is 2.81. The lowest BCUT2D eigenvalue weighted by atomic mass is 10.1. The number of anilines is 1. The first-order valence-corrected chi connectivity index (χ1v) is 6.60. The van der Waals surface area contributed by atoms with Crippen molar-refractivity contribution in [1.82, 2.24) is 0 Å². The van der Waals surface area contributed by atoms with E-state index in [4.69, 9.17) is 0 Å². The Morgan fingerprint density at radius 1 is 0.952 bits per heavy atom. The van der Waals surface area contributed by atoms with Crippen molar-refractivity contribution in [2.45, 2.75) is 12.7 Å². The summed E-state index contributed by atoms with van der Waals surface area (Å²) >= 11 is 3.12. The molecular formula is C14H9BrF5N. The van der Waals surface area contributed by atoms with Gasteiger partial charge in [0, 0.05) is 16.7 Å². The van der Waals surface area contributed by atoms with Gasteiger partial charge >= 0.3 is 6.18 Å². The average molecular weight is 366 g/mol. The molecule has 0 saturated heterocycles. The van der Waals surface area contributed by atoms with Crippen molar-refractivity contribution in [3.63, 3.8) is 0 Å². The highest BCUT2D eigenvalue weighted by molar-refractivity contribution is 9.10. The molecule has 21 heavy (non-hydrogen) atoms. The highest BCUT2D eigenvalue weighted by atomic mass is 79.9. The summed E-state index contributed by atoms with van der Waals surface area (Å²) in [6.07, 6.45) is -4.60. The van der Waals surface area contributed by atoms with Crippen molar-refractivity contribution in [1.29, 1.82) is 0 Å². The molecule has 2 aromatic carbocycles. The van der Waals surface area contributed by atoms with Crippen LogP contribution in [-0.4, -0.2) is 0 Å². The van der Waals surface area contributed by atoms with Crippen LogP contribution in [-0.2, 0) is 12.7 Å². The molecule has 0 saturated carbocycles. The van der Waals surface area contributed by atoms with E-state index in [-0.39, 0.29) is 12.1 Å². The second kappa shape index (κ2) is 6.01. The standard InChI is InChI=1S/C14H9BrF5N/c15-12-6-10(16)1-2-13(12)21-7-8-3-9(14(18,19)20)5-11(17)4-8/h1-6,21H,7H2. The zero-order chi connectivity index (χ0) is 15.6. The second-order valence-corrected chi connectivity index (χ2v) is 5.18. The van der Waals surface area contributed by atoms with Gasteiger partial charge in [0.15, 0.2) is 0 Å². The van der Waals surface area contributed by atoms with Crippen molar-refractivity contribution in [2.75, 3.05) is 5.32 Å². The molecule has 7 heteroatoms. The Kier molecular flexibility index (Phi) is 4.51. The second-order valence-electron chi connectivity index (χ2n) is 4.32. The quantitative estimate of drug-likeness (QED) is 0.722. The third-order valence-electron chi connectivity index (χ3n) is 2.70. The lowest BCUT2D eigenvalue weighted by molar-refractivity contribution is -0.137. The van der Waals surface area contributed by atoms with Crippen molar-refractivity contribution in [3.8, 4) is 0 Å². The molecule has 0 heterocycles. The summed E-state index contributed by atoms with van der Waals surface area (Å²) in [6.45, 7) is -0.0227. The summed E-state index contributed by atoms with van der Waals surface area (Å²) in [5.41, 5.74) is -0.412. The SMILES string of the molecule is Fc1cc(CNc2ccc(F)cc2Br)cc(C(F)(F)F)c1. The molecule has 1 N–H and O–H groups in total. The summed E-state index contributed by atoms with van der Waals surface area (Å²) in [7, 11) is 0. The summed E-state index contributed by atoms with van der Waals surface area (Å²) in [4.78, 5) is 0. The molecule has 0 aliphatic carbocycles. The van der Waals surface area contributed by atoms with Crippen LogP contribution in [0.25, 0.3) is 0 Å². The van der Waals surface area contributed by atoms with Crippen LogP contribution in [0.3, 0.4) is 0 Å². The Balaban J connectivity index is 2.18. The van der Waals surface area contributed by atoms with Crippen LogP contribution in [0.4, 0.5) is 27.6 Å². The van der Waals surface area contributed by atoms with E-state index >= 15 is 0 Å². The number of alkyl halides is 3. The van der Waals surface area contributed by atoms with Crippen LogP contribution in [0.15, 0.2) is 40.9 Å². The van der Waals surface area contributed by atoms with E-state index in [2.05, 4.69) is 21.2 Å². The van der Waals surface area contributed by atoms with Crippen LogP contribution < -0.4 is 5.32 Å². The van der Waals surface area contributed by atoms with Gasteiger partial charge in [0.05, 0.1) is 5.56 Å². The maximum absolute atomic E-state index is 13.2. The monoisotopic (exact) mass is 365 g/mol. The van der Waals surface area contributed by atoms with E-state index in [0.717, 1.165) is 12.1 Å². The molecule has 0 atom stereocenters. The molecule has 112 valence electrons. The van der Waals surface area contributed by atoms with Gasteiger partial charge in [-0.1, -0.05) is 0 Å². The smallest absolute Gasteiger partial charge is 0.380 e. The molecule has 2 rings (SSSR count). The number of benzene rings is 2. The fraction of sp³-hybridized carbons (Fsp3) is 0.143. The maximum atomic E-state index is 13.2. The van der Waals surface area contributed by atoms with Gasteiger partial charge < -0.3 is 5.32 Å². The summed E-state index contributed by atoms with van der Waals surface area (Å²) in [6, 6.07) is 6.18. The minimum atomic E-state index is -4.60. The molecule has 0 fully saturated rings. The molecule has 0 aromatic heterocycles. The fourth-order valence-corrected chi connectivity index (χ4v) is 2.24. The molecule has 0 radical (unpaired) electrons. The third-order valence-corrected chi connectivity index (χ3v) is 3.36. The highest BCUT2D eigenvalue weighted by Gasteiger charge is 2.31. The molecule has 0 aliphatic heterocycles. The van der Waals surface area contributed by atoms with E-state index in [1.807, 2.05) is 0 Å². The van der Waals surface area contributed by atoms with Gasteiger partial charge in [0.2, 0.25) is 0 Å². The van der Waals surface area contributed by atoms with E-state index in [1.165, 1.54) is 18.2 Å². The minimum Gasteiger partial charge on any atom is -0.380 e. The lowest BCUT2D eigenvalue weighted by Crippen LogP contribution is -2.08. The zero-order valence-electron chi connectivity index (χ0n) is 10.4. The van der Waals surface area contributed by atoms with Gasteiger partial charge in [-0.15, -0.1) is 0 Å². The Labute approximate surface area is 125 Å². The van der Waals surface area contributed by atoms with E-state index in [1.54, 1.807) is 0 Å². The topological polar surface area (TPSA) is 12.0 Å². The Morgan fingerprint density at radius 2 is 1.67 bits per heavy atom. The highest BCUT2D eigenvalue weighted by Crippen LogP contribution is 2.31. The molecular weight excluding hydrogens is 357 g/mol. The first kappa shape index (κ1) is 15.8. The molecule has 0 aliphatic rings. The lowest BCUT2D eigenvalue weighted by Gasteiger charge is -2.12.